The van der Waals surface area contributed by atoms with Gasteiger partial charge < -0.3 is 20.6 Å². The number of rotatable bonds is 6. The molecule has 1 aliphatic carbocycles. The molecule has 2 fully saturated rings. The lowest BCUT2D eigenvalue weighted by molar-refractivity contribution is 0.102. The van der Waals surface area contributed by atoms with Crippen molar-refractivity contribution in [1.82, 2.24) is 19.6 Å². The fourth-order valence-corrected chi connectivity index (χ4v) is 5.34. The second-order valence-corrected chi connectivity index (χ2v) is 9.82. The Morgan fingerprint density at radius 2 is 1.92 bits per heavy atom. The number of benzene rings is 1. The van der Waals surface area contributed by atoms with Gasteiger partial charge in [-0.3, -0.25) is 4.79 Å². The highest BCUT2D eigenvalue weighted by Crippen LogP contribution is 2.36. The van der Waals surface area contributed by atoms with Crippen LogP contribution in [0.3, 0.4) is 0 Å². The molecule has 1 aromatic carbocycles. The average Bonchev–Trinajstić information content (AvgIpc) is 3.66. The first-order chi connectivity index (χ1) is 18.4. The van der Waals surface area contributed by atoms with Gasteiger partial charge in [0, 0.05) is 24.3 Å². The SMILES string of the molecule is O=C(Nc1cnc2ccc(N3CCC[C@@H]3c3cc(F)ccc3F)nn12)c1ccc(NC2CCC(O)C2)nc1. The van der Waals surface area contributed by atoms with E-state index >= 15 is 0 Å². The topological polar surface area (TPSA) is 108 Å². The third kappa shape index (κ3) is 4.76. The molecule has 1 aliphatic heterocycles. The smallest absolute Gasteiger partial charge is 0.258 e. The van der Waals surface area contributed by atoms with E-state index in [-0.39, 0.29) is 24.1 Å². The van der Waals surface area contributed by atoms with Crippen LogP contribution in [-0.2, 0) is 0 Å². The fraction of sp³-hybridized carbons (Fsp3) is 0.333. The Labute approximate surface area is 217 Å². The Bertz CT molecular complexity index is 1480. The van der Waals surface area contributed by atoms with Gasteiger partial charge in [0.05, 0.1) is 23.9 Å². The van der Waals surface area contributed by atoms with Crippen molar-refractivity contribution in [2.75, 3.05) is 22.1 Å². The normalized spacial score (nSPS) is 21.2. The standard InChI is InChI=1S/C27H27F2N7O2/c28-17-4-7-21(29)20(12-17)22-2-1-11-35(22)25-10-9-24-31-15-26(36(24)34-25)33-27(38)16-3-8-23(30-14-16)32-18-5-6-19(37)13-18/h3-4,7-10,12,14-15,18-19,22,37H,1-2,5-6,11,13H2,(H,30,32)(H,33,38)/t18?,19?,22-/m1/s1. The highest BCUT2D eigenvalue weighted by Gasteiger charge is 2.30. The van der Waals surface area contributed by atoms with Crippen LogP contribution in [0, 0.1) is 11.6 Å². The summed E-state index contributed by atoms with van der Waals surface area (Å²) in [7, 11) is 0. The first-order valence-corrected chi connectivity index (χ1v) is 12.7. The van der Waals surface area contributed by atoms with Gasteiger partial charge in [-0.05, 0) is 74.6 Å². The maximum atomic E-state index is 14.5. The fourth-order valence-electron chi connectivity index (χ4n) is 5.34. The number of nitrogens with one attached hydrogen (secondary N) is 2. The van der Waals surface area contributed by atoms with Crippen molar-refractivity contribution in [3.8, 4) is 0 Å². The molecule has 6 rings (SSSR count). The third-order valence-corrected chi connectivity index (χ3v) is 7.24. The summed E-state index contributed by atoms with van der Waals surface area (Å²) in [5, 5.41) is 20.5. The van der Waals surface area contributed by atoms with Gasteiger partial charge in [0.15, 0.2) is 11.5 Å². The molecule has 11 heteroatoms. The van der Waals surface area contributed by atoms with Crippen molar-refractivity contribution in [2.45, 2.75) is 50.3 Å². The Kier molecular flexibility index (Phi) is 6.36. The molecule has 3 atom stereocenters. The Morgan fingerprint density at radius 1 is 1.03 bits per heavy atom. The van der Waals surface area contributed by atoms with E-state index in [2.05, 4.69) is 25.7 Å². The summed E-state index contributed by atoms with van der Waals surface area (Å²) in [5.74, 6) is 0.308. The summed E-state index contributed by atoms with van der Waals surface area (Å²) in [4.78, 5) is 23.6. The van der Waals surface area contributed by atoms with Gasteiger partial charge in [-0.15, -0.1) is 5.10 Å². The van der Waals surface area contributed by atoms with Crippen LogP contribution in [0.4, 0.5) is 26.2 Å². The number of aliphatic hydroxyl groups excluding tert-OH is 1. The molecule has 4 aromatic rings. The van der Waals surface area contributed by atoms with Gasteiger partial charge in [-0.1, -0.05) is 0 Å². The van der Waals surface area contributed by atoms with Crippen LogP contribution in [0.2, 0.25) is 0 Å². The van der Waals surface area contributed by atoms with Crippen LogP contribution in [0.15, 0.2) is 54.9 Å². The van der Waals surface area contributed by atoms with E-state index < -0.39 is 11.6 Å². The molecule has 1 saturated heterocycles. The monoisotopic (exact) mass is 519 g/mol. The molecule has 0 bridgehead atoms. The van der Waals surface area contributed by atoms with E-state index in [0.29, 0.717) is 53.6 Å². The van der Waals surface area contributed by atoms with Gasteiger partial charge in [0.25, 0.3) is 5.91 Å². The second-order valence-electron chi connectivity index (χ2n) is 9.82. The molecule has 9 nitrogen and oxygen atoms in total. The zero-order valence-corrected chi connectivity index (χ0v) is 20.5. The molecule has 2 aliphatic rings. The maximum absolute atomic E-state index is 14.5. The third-order valence-electron chi connectivity index (χ3n) is 7.24. The van der Waals surface area contributed by atoms with Crippen LogP contribution in [0.25, 0.3) is 5.65 Å². The van der Waals surface area contributed by atoms with Crippen LogP contribution in [-0.4, -0.2) is 49.3 Å². The maximum Gasteiger partial charge on any atom is 0.258 e. The summed E-state index contributed by atoms with van der Waals surface area (Å²) in [6.07, 6.45) is 6.55. The minimum atomic E-state index is -0.480. The first-order valence-electron chi connectivity index (χ1n) is 12.7. The number of aliphatic hydroxyl groups is 1. The zero-order chi connectivity index (χ0) is 26.2. The summed E-state index contributed by atoms with van der Waals surface area (Å²) in [6.45, 7) is 0.640. The number of halogens is 2. The highest BCUT2D eigenvalue weighted by atomic mass is 19.1. The molecule has 3 aromatic heterocycles. The van der Waals surface area contributed by atoms with Crippen LogP contribution in [0.5, 0.6) is 0 Å². The number of amides is 1. The van der Waals surface area contributed by atoms with Crippen molar-refractivity contribution < 1.29 is 18.7 Å². The van der Waals surface area contributed by atoms with Gasteiger partial charge in [0.2, 0.25) is 0 Å². The van der Waals surface area contributed by atoms with Crippen molar-refractivity contribution in [3.63, 3.8) is 0 Å². The van der Waals surface area contributed by atoms with Gasteiger partial charge in [-0.2, -0.15) is 4.52 Å². The summed E-state index contributed by atoms with van der Waals surface area (Å²) < 4.78 is 29.9. The van der Waals surface area contributed by atoms with Crippen molar-refractivity contribution in [2.24, 2.45) is 0 Å². The van der Waals surface area contributed by atoms with Crippen molar-refractivity contribution in [3.05, 3.63) is 77.6 Å². The summed E-state index contributed by atoms with van der Waals surface area (Å²) in [5.41, 5.74) is 1.21. The molecule has 3 N–H and O–H groups in total. The van der Waals surface area contributed by atoms with Crippen LogP contribution < -0.4 is 15.5 Å². The molecular formula is C27H27F2N7O2. The van der Waals surface area contributed by atoms with E-state index in [1.807, 2.05) is 4.90 Å². The van der Waals surface area contributed by atoms with Crippen molar-refractivity contribution >= 4 is 29.0 Å². The quantitative estimate of drug-likeness (QED) is 0.348. The minimum absolute atomic E-state index is 0.170. The molecule has 0 spiro atoms. The summed E-state index contributed by atoms with van der Waals surface area (Å²) >= 11 is 0. The molecule has 1 amide bonds. The summed E-state index contributed by atoms with van der Waals surface area (Å²) in [6, 6.07) is 10.3. The lowest BCUT2D eigenvalue weighted by Gasteiger charge is -2.26. The molecule has 196 valence electrons. The number of anilines is 3. The molecule has 2 unspecified atom stereocenters. The number of aromatic nitrogens is 4. The van der Waals surface area contributed by atoms with E-state index in [4.69, 9.17) is 0 Å². The minimum Gasteiger partial charge on any atom is -0.393 e. The number of imidazole rings is 1. The lowest BCUT2D eigenvalue weighted by Crippen LogP contribution is -2.25. The molecule has 4 heterocycles. The average molecular weight is 520 g/mol. The number of carbonyl (C=O) groups is 1. The Hall–Kier alpha value is -4.12. The predicted molar refractivity (Wildman–Crippen MR) is 138 cm³/mol. The lowest BCUT2D eigenvalue weighted by atomic mass is 10.0. The molecule has 1 saturated carbocycles. The highest BCUT2D eigenvalue weighted by molar-refractivity contribution is 6.03. The van der Waals surface area contributed by atoms with E-state index in [1.165, 1.54) is 23.0 Å². The van der Waals surface area contributed by atoms with Crippen molar-refractivity contribution in [1.29, 1.82) is 0 Å². The van der Waals surface area contributed by atoms with Gasteiger partial charge >= 0.3 is 0 Å². The van der Waals surface area contributed by atoms with Crippen LogP contribution >= 0.6 is 0 Å². The molecule has 38 heavy (non-hydrogen) atoms. The Balaban J connectivity index is 1.20. The Morgan fingerprint density at radius 3 is 2.71 bits per heavy atom. The van der Waals surface area contributed by atoms with Gasteiger partial charge in [0.1, 0.15) is 23.3 Å². The number of hydrogen-bond acceptors (Lipinski definition) is 7. The predicted octanol–water partition coefficient (Wildman–Crippen LogP) is 4.32. The zero-order valence-electron chi connectivity index (χ0n) is 20.5. The number of hydrogen-bond donors (Lipinski definition) is 3. The van der Waals surface area contributed by atoms with E-state index in [1.54, 1.807) is 24.3 Å². The molecule has 0 radical (unpaired) electrons. The molecular weight excluding hydrogens is 492 g/mol. The number of fused-ring (bicyclic) bond motifs is 1. The number of carbonyl (C=O) groups excluding carboxylic acids is 1. The first kappa shape index (κ1) is 24.2. The number of nitrogens with zero attached hydrogens (tertiary/aromatic N) is 5. The van der Waals surface area contributed by atoms with Gasteiger partial charge in [-0.25, -0.2) is 18.7 Å². The number of pyridine rings is 1. The second kappa shape index (κ2) is 9.97. The van der Waals surface area contributed by atoms with E-state index in [9.17, 15) is 18.7 Å². The van der Waals surface area contributed by atoms with Crippen LogP contribution in [0.1, 0.15) is 54.1 Å². The van der Waals surface area contributed by atoms with E-state index in [0.717, 1.165) is 31.4 Å². The largest absolute Gasteiger partial charge is 0.393 e.